The van der Waals surface area contributed by atoms with Gasteiger partial charge in [-0.25, -0.2) is 0 Å². The maximum Gasteiger partial charge on any atom is 0.0985 e. The van der Waals surface area contributed by atoms with E-state index >= 15 is 0 Å². The summed E-state index contributed by atoms with van der Waals surface area (Å²) >= 11 is 3.31. The highest BCUT2D eigenvalue weighted by atomic mass is 79.9. The number of nitrogens with zero attached hydrogens (tertiary/aromatic N) is 2. The first-order valence-corrected chi connectivity index (χ1v) is 5.46. The summed E-state index contributed by atoms with van der Waals surface area (Å²) in [5.41, 5.74) is 0.907. The Hall–Kier alpha value is -1.13. The topological polar surface area (TPSA) is 38.0 Å². The van der Waals surface area contributed by atoms with E-state index in [1.165, 1.54) is 0 Å². The molecule has 1 heterocycles. The van der Waals surface area contributed by atoms with Crippen LogP contribution in [0.25, 0.3) is 0 Å². The van der Waals surface area contributed by atoms with Crippen LogP contribution in [0.15, 0.2) is 47.2 Å². The minimum atomic E-state index is -0.516. The third-order valence-corrected chi connectivity index (χ3v) is 2.56. The lowest BCUT2D eigenvalue weighted by Crippen LogP contribution is -2.08. The van der Waals surface area contributed by atoms with Crippen molar-refractivity contribution in [2.24, 2.45) is 0 Å². The summed E-state index contributed by atoms with van der Waals surface area (Å²) in [6, 6.07) is 9.57. The second-order valence-electron chi connectivity index (χ2n) is 3.31. The van der Waals surface area contributed by atoms with Gasteiger partial charge in [0.1, 0.15) is 0 Å². The van der Waals surface area contributed by atoms with Crippen LogP contribution >= 0.6 is 15.9 Å². The summed E-state index contributed by atoms with van der Waals surface area (Å²) in [4.78, 5) is 0. The van der Waals surface area contributed by atoms with Gasteiger partial charge in [0.25, 0.3) is 0 Å². The molecule has 0 saturated carbocycles. The molecule has 0 amide bonds. The molecule has 1 aromatic heterocycles. The molecular weight excluding hydrogens is 256 g/mol. The van der Waals surface area contributed by atoms with Crippen molar-refractivity contribution in [1.29, 1.82) is 0 Å². The van der Waals surface area contributed by atoms with Crippen LogP contribution in [0.2, 0.25) is 0 Å². The average Bonchev–Trinajstić information content (AvgIpc) is 2.65. The lowest BCUT2D eigenvalue weighted by Gasteiger charge is -2.10. The summed E-state index contributed by atoms with van der Waals surface area (Å²) in [6.45, 7) is 0.468. The Morgan fingerprint density at radius 1 is 1.33 bits per heavy atom. The standard InChI is InChI=1S/C11H11BrN2O/c12-10-6-13-14(7-10)8-11(15)9-4-2-1-3-5-9/h1-7,11,15H,8H2. The number of hydrogen-bond donors (Lipinski definition) is 1. The Morgan fingerprint density at radius 2 is 2.07 bits per heavy atom. The molecule has 0 aliphatic carbocycles. The molecule has 1 N–H and O–H groups in total. The molecule has 2 aromatic rings. The predicted molar refractivity (Wildman–Crippen MR) is 61.3 cm³/mol. The van der Waals surface area contributed by atoms with E-state index in [-0.39, 0.29) is 0 Å². The van der Waals surface area contributed by atoms with Gasteiger partial charge in [0.2, 0.25) is 0 Å². The van der Waals surface area contributed by atoms with Crippen molar-refractivity contribution in [2.45, 2.75) is 12.6 Å². The molecule has 0 aliphatic heterocycles. The van der Waals surface area contributed by atoms with Crippen LogP contribution in [0.5, 0.6) is 0 Å². The largest absolute Gasteiger partial charge is 0.386 e. The fourth-order valence-electron chi connectivity index (χ4n) is 1.40. The summed E-state index contributed by atoms with van der Waals surface area (Å²) in [7, 11) is 0. The van der Waals surface area contributed by atoms with E-state index < -0.39 is 6.10 Å². The highest BCUT2D eigenvalue weighted by Gasteiger charge is 2.07. The van der Waals surface area contributed by atoms with Gasteiger partial charge in [-0.3, -0.25) is 4.68 Å². The molecule has 15 heavy (non-hydrogen) atoms. The third-order valence-electron chi connectivity index (χ3n) is 2.15. The molecule has 0 fully saturated rings. The maximum atomic E-state index is 9.91. The summed E-state index contributed by atoms with van der Waals surface area (Å²) < 4.78 is 2.63. The lowest BCUT2D eigenvalue weighted by atomic mass is 10.1. The molecule has 0 aliphatic rings. The Kier molecular flexibility index (Phi) is 3.18. The van der Waals surface area contributed by atoms with Crippen LogP contribution in [0.4, 0.5) is 0 Å². The zero-order valence-electron chi connectivity index (χ0n) is 8.05. The molecule has 0 spiro atoms. The summed E-state index contributed by atoms with van der Waals surface area (Å²) in [5, 5.41) is 14.0. The van der Waals surface area contributed by atoms with Crippen LogP contribution in [0.1, 0.15) is 11.7 Å². The van der Waals surface area contributed by atoms with Crippen molar-refractivity contribution >= 4 is 15.9 Å². The van der Waals surface area contributed by atoms with E-state index in [4.69, 9.17) is 0 Å². The number of hydrogen-bond acceptors (Lipinski definition) is 2. The molecule has 0 saturated heterocycles. The van der Waals surface area contributed by atoms with Gasteiger partial charge in [-0.2, -0.15) is 5.10 Å². The van der Waals surface area contributed by atoms with Crippen LogP contribution < -0.4 is 0 Å². The first-order valence-electron chi connectivity index (χ1n) is 4.66. The Bertz CT molecular complexity index is 427. The van der Waals surface area contributed by atoms with Gasteiger partial charge in [-0.1, -0.05) is 30.3 Å². The first-order chi connectivity index (χ1) is 7.25. The molecule has 78 valence electrons. The molecule has 0 bridgehead atoms. The van der Waals surface area contributed by atoms with Gasteiger partial charge in [0.05, 0.1) is 23.3 Å². The van der Waals surface area contributed by atoms with Gasteiger partial charge in [0, 0.05) is 6.20 Å². The molecule has 4 heteroatoms. The average molecular weight is 267 g/mol. The quantitative estimate of drug-likeness (QED) is 0.927. The van der Waals surface area contributed by atoms with E-state index in [0.717, 1.165) is 10.0 Å². The second kappa shape index (κ2) is 4.59. The van der Waals surface area contributed by atoms with Crippen LogP contribution in [-0.4, -0.2) is 14.9 Å². The molecular formula is C11H11BrN2O. The van der Waals surface area contributed by atoms with Crippen LogP contribution in [0.3, 0.4) is 0 Å². The third kappa shape index (κ3) is 2.67. The van der Waals surface area contributed by atoms with Gasteiger partial charge >= 0.3 is 0 Å². The van der Waals surface area contributed by atoms with Crippen molar-refractivity contribution in [3.8, 4) is 0 Å². The van der Waals surface area contributed by atoms with Crippen LogP contribution in [-0.2, 0) is 6.54 Å². The number of rotatable bonds is 3. The Labute approximate surface area is 96.5 Å². The van der Waals surface area contributed by atoms with Crippen LogP contribution in [0, 0.1) is 0 Å². The van der Waals surface area contributed by atoms with Gasteiger partial charge in [0.15, 0.2) is 0 Å². The van der Waals surface area contributed by atoms with E-state index in [9.17, 15) is 5.11 Å². The van der Waals surface area contributed by atoms with Gasteiger partial charge in [-0.15, -0.1) is 0 Å². The fourth-order valence-corrected chi connectivity index (χ4v) is 1.72. The smallest absolute Gasteiger partial charge is 0.0985 e. The van der Waals surface area contributed by atoms with Crippen molar-refractivity contribution in [2.75, 3.05) is 0 Å². The number of aliphatic hydroxyl groups is 1. The SMILES string of the molecule is OC(Cn1cc(Br)cn1)c1ccccc1. The van der Waals surface area contributed by atoms with E-state index in [1.54, 1.807) is 10.9 Å². The molecule has 1 unspecified atom stereocenters. The van der Waals surface area contributed by atoms with Crippen molar-refractivity contribution < 1.29 is 5.11 Å². The highest BCUT2D eigenvalue weighted by Crippen LogP contribution is 2.15. The number of aliphatic hydroxyl groups excluding tert-OH is 1. The molecule has 1 aromatic carbocycles. The molecule has 1 atom stereocenters. The summed E-state index contributed by atoms with van der Waals surface area (Å²) in [6.07, 6.45) is 3.03. The van der Waals surface area contributed by atoms with Crippen molar-refractivity contribution in [3.63, 3.8) is 0 Å². The highest BCUT2D eigenvalue weighted by molar-refractivity contribution is 9.10. The van der Waals surface area contributed by atoms with E-state index in [2.05, 4.69) is 21.0 Å². The normalized spacial score (nSPS) is 12.7. The number of benzene rings is 1. The van der Waals surface area contributed by atoms with Crippen molar-refractivity contribution in [1.82, 2.24) is 9.78 Å². The minimum absolute atomic E-state index is 0.468. The Balaban J connectivity index is 2.07. The van der Waals surface area contributed by atoms with Gasteiger partial charge in [-0.05, 0) is 21.5 Å². The maximum absolute atomic E-state index is 9.91. The Morgan fingerprint density at radius 3 is 2.67 bits per heavy atom. The van der Waals surface area contributed by atoms with E-state index in [1.807, 2.05) is 36.5 Å². The lowest BCUT2D eigenvalue weighted by molar-refractivity contribution is 0.151. The van der Waals surface area contributed by atoms with Gasteiger partial charge < -0.3 is 5.11 Å². The second-order valence-corrected chi connectivity index (χ2v) is 4.22. The fraction of sp³-hybridized carbons (Fsp3) is 0.182. The zero-order valence-corrected chi connectivity index (χ0v) is 9.63. The summed E-state index contributed by atoms with van der Waals surface area (Å²) in [5.74, 6) is 0. The monoisotopic (exact) mass is 266 g/mol. The van der Waals surface area contributed by atoms with E-state index in [0.29, 0.717) is 6.54 Å². The molecule has 2 rings (SSSR count). The molecule has 0 radical (unpaired) electrons. The minimum Gasteiger partial charge on any atom is -0.386 e. The number of aromatic nitrogens is 2. The number of halogens is 1. The zero-order chi connectivity index (χ0) is 10.7. The predicted octanol–water partition coefficient (Wildman–Crippen LogP) is 2.38. The molecule has 3 nitrogen and oxygen atoms in total. The first kappa shape index (κ1) is 10.4. The van der Waals surface area contributed by atoms with Crippen molar-refractivity contribution in [3.05, 3.63) is 52.8 Å².